The lowest BCUT2D eigenvalue weighted by atomic mass is 9.88. The van der Waals surface area contributed by atoms with Gasteiger partial charge in [0.1, 0.15) is 0 Å². The standard InChI is InChI=1S/C17H10O3/c18-15-10-9-12-13(7-4-8-14(12)17(15)20)16(19)11-5-2-1-3-6-11/h1-10H. The van der Waals surface area contributed by atoms with Gasteiger partial charge in [0.05, 0.1) is 0 Å². The Labute approximate surface area is 115 Å². The summed E-state index contributed by atoms with van der Waals surface area (Å²) in [5.74, 6) is -1.28. The fraction of sp³-hybridized carbons (Fsp3) is 0. The van der Waals surface area contributed by atoms with Crippen molar-refractivity contribution in [2.24, 2.45) is 0 Å². The van der Waals surface area contributed by atoms with Crippen LogP contribution in [-0.4, -0.2) is 17.3 Å². The highest BCUT2D eigenvalue weighted by Crippen LogP contribution is 2.23. The van der Waals surface area contributed by atoms with Gasteiger partial charge in [0.2, 0.25) is 11.6 Å². The third-order valence-electron chi connectivity index (χ3n) is 3.26. The number of Topliss-reactive ketones (excluding diaryl/α,β-unsaturated/α-hetero) is 1. The zero-order chi connectivity index (χ0) is 14.1. The van der Waals surface area contributed by atoms with Crippen molar-refractivity contribution in [2.45, 2.75) is 0 Å². The van der Waals surface area contributed by atoms with Gasteiger partial charge in [-0.2, -0.15) is 0 Å². The first-order chi connectivity index (χ1) is 9.68. The monoisotopic (exact) mass is 262 g/mol. The Balaban J connectivity index is 2.15. The molecule has 20 heavy (non-hydrogen) atoms. The van der Waals surface area contributed by atoms with Gasteiger partial charge < -0.3 is 0 Å². The minimum absolute atomic E-state index is 0.158. The first-order valence-electron chi connectivity index (χ1n) is 6.18. The van der Waals surface area contributed by atoms with Crippen molar-refractivity contribution < 1.29 is 14.4 Å². The van der Waals surface area contributed by atoms with Crippen LogP contribution in [0.4, 0.5) is 0 Å². The molecule has 2 aromatic rings. The summed E-state index contributed by atoms with van der Waals surface area (Å²) in [5.41, 5.74) is 1.80. The van der Waals surface area contributed by atoms with Gasteiger partial charge >= 0.3 is 0 Å². The topological polar surface area (TPSA) is 51.2 Å². The highest BCUT2D eigenvalue weighted by molar-refractivity contribution is 6.50. The van der Waals surface area contributed by atoms with Crippen LogP contribution in [0.5, 0.6) is 0 Å². The molecule has 1 aliphatic rings. The second kappa shape index (κ2) is 4.70. The summed E-state index contributed by atoms with van der Waals surface area (Å²) in [6, 6.07) is 13.7. The number of carbonyl (C=O) groups is 3. The van der Waals surface area contributed by atoms with Gasteiger partial charge in [0.15, 0.2) is 5.78 Å². The molecule has 1 aliphatic carbocycles. The molecular weight excluding hydrogens is 252 g/mol. The van der Waals surface area contributed by atoms with Crippen LogP contribution in [0, 0.1) is 0 Å². The summed E-state index contributed by atoms with van der Waals surface area (Å²) in [4.78, 5) is 35.7. The SMILES string of the molecule is O=C1C=Cc2c(cccc2C(=O)c2ccccc2)C1=O. The van der Waals surface area contributed by atoms with Crippen molar-refractivity contribution in [2.75, 3.05) is 0 Å². The average molecular weight is 262 g/mol. The van der Waals surface area contributed by atoms with Crippen molar-refractivity contribution in [1.29, 1.82) is 0 Å². The molecule has 3 heteroatoms. The summed E-state index contributed by atoms with van der Waals surface area (Å²) in [7, 11) is 0. The lowest BCUT2D eigenvalue weighted by molar-refractivity contribution is -0.110. The molecule has 0 atom stereocenters. The Morgan fingerprint density at radius 1 is 0.800 bits per heavy atom. The van der Waals surface area contributed by atoms with E-state index in [4.69, 9.17) is 0 Å². The maximum atomic E-state index is 12.5. The lowest BCUT2D eigenvalue weighted by Gasteiger charge is -2.12. The molecule has 96 valence electrons. The quantitative estimate of drug-likeness (QED) is 0.617. The van der Waals surface area contributed by atoms with Crippen molar-refractivity contribution in [3.8, 4) is 0 Å². The highest BCUT2D eigenvalue weighted by atomic mass is 16.2. The summed E-state index contributed by atoms with van der Waals surface area (Å²) < 4.78 is 0. The van der Waals surface area contributed by atoms with Crippen LogP contribution in [0.2, 0.25) is 0 Å². The smallest absolute Gasteiger partial charge is 0.233 e. The minimum Gasteiger partial charge on any atom is -0.289 e. The predicted octanol–water partition coefficient (Wildman–Crippen LogP) is 2.70. The molecule has 0 unspecified atom stereocenters. The van der Waals surface area contributed by atoms with Crippen LogP contribution < -0.4 is 0 Å². The van der Waals surface area contributed by atoms with Crippen molar-refractivity contribution >= 4 is 23.4 Å². The molecule has 0 heterocycles. The van der Waals surface area contributed by atoms with E-state index in [2.05, 4.69) is 0 Å². The van der Waals surface area contributed by atoms with E-state index in [0.717, 1.165) is 0 Å². The maximum absolute atomic E-state index is 12.5. The van der Waals surface area contributed by atoms with Gasteiger partial charge in [-0.3, -0.25) is 14.4 Å². The molecular formula is C17H10O3. The fourth-order valence-corrected chi connectivity index (χ4v) is 2.25. The number of rotatable bonds is 2. The van der Waals surface area contributed by atoms with Gasteiger partial charge in [-0.15, -0.1) is 0 Å². The van der Waals surface area contributed by atoms with E-state index in [9.17, 15) is 14.4 Å². The van der Waals surface area contributed by atoms with E-state index in [1.165, 1.54) is 12.2 Å². The Hall–Kier alpha value is -2.81. The first kappa shape index (κ1) is 12.2. The molecule has 0 amide bonds. The maximum Gasteiger partial charge on any atom is 0.233 e. The van der Waals surface area contributed by atoms with Crippen molar-refractivity contribution in [3.05, 3.63) is 76.9 Å². The molecule has 0 bridgehead atoms. The molecule has 3 rings (SSSR count). The normalized spacial score (nSPS) is 13.2. The zero-order valence-corrected chi connectivity index (χ0v) is 10.5. The Kier molecular flexibility index (Phi) is 2.88. The third kappa shape index (κ3) is 1.89. The minimum atomic E-state index is -0.565. The lowest BCUT2D eigenvalue weighted by Crippen LogP contribution is -2.18. The van der Waals surface area contributed by atoms with Gasteiger partial charge in [-0.1, -0.05) is 48.5 Å². The Morgan fingerprint density at radius 3 is 2.30 bits per heavy atom. The van der Waals surface area contributed by atoms with Crippen LogP contribution in [0.15, 0.2) is 54.6 Å². The summed E-state index contributed by atoms with van der Waals surface area (Å²) in [5, 5.41) is 0. The van der Waals surface area contributed by atoms with Crippen molar-refractivity contribution in [3.63, 3.8) is 0 Å². The molecule has 0 aromatic heterocycles. The first-order valence-corrected chi connectivity index (χ1v) is 6.18. The largest absolute Gasteiger partial charge is 0.289 e. The number of carbonyl (C=O) groups excluding carboxylic acids is 3. The van der Waals surface area contributed by atoms with Gasteiger partial charge in [0.25, 0.3) is 0 Å². The van der Waals surface area contributed by atoms with E-state index < -0.39 is 11.6 Å². The van der Waals surface area contributed by atoms with Crippen LogP contribution >= 0.6 is 0 Å². The van der Waals surface area contributed by atoms with Crippen molar-refractivity contribution in [1.82, 2.24) is 0 Å². The number of fused-ring (bicyclic) bond motifs is 1. The zero-order valence-electron chi connectivity index (χ0n) is 10.5. The van der Waals surface area contributed by atoms with E-state index in [-0.39, 0.29) is 5.78 Å². The van der Waals surface area contributed by atoms with Crippen LogP contribution in [0.25, 0.3) is 6.08 Å². The molecule has 0 saturated carbocycles. The number of hydrogen-bond acceptors (Lipinski definition) is 3. The molecule has 0 radical (unpaired) electrons. The van der Waals surface area contributed by atoms with E-state index in [1.54, 1.807) is 42.5 Å². The number of ketones is 3. The van der Waals surface area contributed by atoms with Crippen LogP contribution in [0.1, 0.15) is 31.8 Å². The fourth-order valence-electron chi connectivity index (χ4n) is 2.25. The summed E-state index contributed by atoms with van der Waals surface area (Å²) >= 11 is 0. The Bertz CT molecular complexity index is 755. The second-order valence-electron chi connectivity index (χ2n) is 4.49. The molecule has 0 fully saturated rings. The summed E-state index contributed by atoms with van der Waals surface area (Å²) in [6.45, 7) is 0. The molecule has 2 aromatic carbocycles. The van der Waals surface area contributed by atoms with E-state index in [1.807, 2.05) is 6.07 Å². The van der Waals surface area contributed by atoms with Gasteiger partial charge in [-0.25, -0.2) is 0 Å². The number of allylic oxidation sites excluding steroid dienone is 1. The second-order valence-corrected chi connectivity index (χ2v) is 4.49. The number of hydrogen-bond donors (Lipinski definition) is 0. The van der Waals surface area contributed by atoms with Crippen LogP contribution in [-0.2, 0) is 4.79 Å². The number of benzene rings is 2. The average Bonchev–Trinajstić information content (AvgIpc) is 2.51. The molecule has 3 nitrogen and oxygen atoms in total. The predicted molar refractivity (Wildman–Crippen MR) is 74.7 cm³/mol. The van der Waals surface area contributed by atoms with E-state index >= 15 is 0 Å². The highest BCUT2D eigenvalue weighted by Gasteiger charge is 2.24. The van der Waals surface area contributed by atoms with Crippen LogP contribution in [0.3, 0.4) is 0 Å². The Morgan fingerprint density at radius 2 is 1.55 bits per heavy atom. The molecule has 0 saturated heterocycles. The molecule has 0 aliphatic heterocycles. The molecule has 0 N–H and O–H groups in total. The third-order valence-corrected chi connectivity index (χ3v) is 3.26. The van der Waals surface area contributed by atoms with Gasteiger partial charge in [-0.05, 0) is 17.7 Å². The van der Waals surface area contributed by atoms with Gasteiger partial charge in [0, 0.05) is 16.7 Å². The van der Waals surface area contributed by atoms with E-state index in [0.29, 0.717) is 22.3 Å². The summed E-state index contributed by atoms with van der Waals surface area (Å²) in [6.07, 6.45) is 2.75. The molecule has 0 spiro atoms.